The van der Waals surface area contributed by atoms with Gasteiger partial charge >= 0.3 is 0 Å². The van der Waals surface area contributed by atoms with Gasteiger partial charge in [-0.3, -0.25) is 5.32 Å². The Labute approximate surface area is 36.2 Å². The van der Waals surface area contributed by atoms with Crippen LogP contribution in [0.25, 0.3) is 0 Å². The Bertz CT molecular complexity index is 56.3. The lowest BCUT2D eigenvalue weighted by Gasteiger charge is -1.83. The molecule has 0 aliphatic carbocycles. The van der Waals surface area contributed by atoms with Crippen LogP contribution in [0, 0.1) is 11.3 Å². The lowest BCUT2D eigenvalue weighted by Crippen LogP contribution is -2.13. The molecular formula is C3H6N2O. The summed E-state index contributed by atoms with van der Waals surface area (Å²) in [7, 11) is 0. The molecule has 34 valence electrons. The molecule has 0 fully saturated rings. The van der Waals surface area contributed by atoms with Gasteiger partial charge < -0.3 is 5.11 Å². The molecule has 0 aromatic heterocycles. The molecule has 0 saturated heterocycles. The van der Waals surface area contributed by atoms with Crippen molar-refractivity contribution in [2.24, 2.45) is 0 Å². The zero-order valence-corrected chi connectivity index (χ0v) is 3.31. The fourth-order valence-corrected chi connectivity index (χ4v) is 0.112. The van der Waals surface area contributed by atoms with Crippen LogP contribution >= 0.6 is 0 Å². The van der Waals surface area contributed by atoms with E-state index in [0.29, 0.717) is 0 Å². The highest BCUT2D eigenvalue weighted by Crippen LogP contribution is 1.45. The number of nitriles is 1. The van der Waals surface area contributed by atoms with Crippen LogP contribution in [0.4, 0.5) is 0 Å². The van der Waals surface area contributed by atoms with Gasteiger partial charge in [0.2, 0.25) is 0 Å². The largest absolute Gasteiger partial charge is 0.381 e. The molecule has 0 saturated carbocycles. The monoisotopic (exact) mass is 86.0 g/mol. The first-order chi connectivity index (χ1) is 2.91. The van der Waals surface area contributed by atoms with E-state index in [1.807, 2.05) is 0 Å². The maximum atomic E-state index is 7.94. The van der Waals surface area contributed by atoms with Gasteiger partial charge in [0, 0.05) is 0 Å². The third-order valence-electron chi connectivity index (χ3n) is 0.316. The van der Waals surface area contributed by atoms with Crippen molar-refractivity contribution in [3.8, 4) is 6.07 Å². The first kappa shape index (κ1) is 5.41. The van der Waals surface area contributed by atoms with Gasteiger partial charge in [0.1, 0.15) is 0 Å². The summed E-state index contributed by atoms with van der Waals surface area (Å²) in [6.07, 6.45) is 0. The quantitative estimate of drug-likeness (QED) is 0.259. The van der Waals surface area contributed by atoms with Crippen molar-refractivity contribution in [2.45, 2.75) is 0 Å². The van der Waals surface area contributed by atoms with Crippen LogP contribution in [0.3, 0.4) is 0 Å². The molecule has 2 N–H and O–H groups in total. The summed E-state index contributed by atoms with van der Waals surface area (Å²) in [5.74, 6) is 0. The van der Waals surface area contributed by atoms with Gasteiger partial charge in [0.15, 0.2) is 0 Å². The zero-order chi connectivity index (χ0) is 4.83. The van der Waals surface area contributed by atoms with Crippen molar-refractivity contribution < 1.29 is 5.11 Å². The molecule has 0 aromatic carbocycles. The van der Waals surface area contributed by atoms with Gasteiger partial charge in [0.25, 0.3) is 0 Å². The Hall–Kier alpha value is -0.590. The lowest BCUT2D eigenvalue weighted by molar-refractivity contribution is 0.267. The topological polar surface area (TPSA) is 56.0 Å². The van der Waals surface area contributed by atoms with Crippen molar-refractivity contribution in [3.63, 3.8) is 0 Å². The highest BCUT2D eigenvalue weighted by Gasteiger charge is 1.70. The smallest absolute Gasteiger partial charge is 0.0939 e. The lowest BCUT2D eigenvalue weighted by atomic mass is 10.7. The molecule has 0 aromatic rings. The van der Waals surface area contributed by atoms with Crippen LogP contribution in [0.2, 0.25) is 0 Å². The maximum absolute atomic E-state index is 7.94. The highest BCUT2D eigenvalue weighted by atomic mass is 16.3. The summed E-state index contributed by atoms with van der Waals surface area (Å²) in [5.41, 5.74) is 0. The highest BCUT2D eigenvalue weighted by molar-refractivity contribution is 4.70. The van der Waals surface area contributed by atoms with E-state index in [9.17, 15) is 0 Å². The summed E-state index contributed by atoms with van der Waals surface area (Å²) in [6, 6.07) is 1.80. The number of aliphatic hydroxyl groups is 1. The van der Waals surface area contributed by atoms with Crippen molar-refractivity contribution >= 4 is 0 Å². The van der Waals surface area contributed by atoms with E-state index in [2.05, 4.69) is 5.32 Å². The van der Waals surface area contributed by atoms with E-state index in [0.717, 1.165) is 0 Å². The molecule has 0 spiro atoms. The van der Waals surface area contributed by atoms with E-state index in [1.54, 1.807) is 6.07 Å². The van der Waals surface area contributed by atoms with Crippen LogP contribution in [-0.4, -0.2) is 18.4 Å². The summed E-state index contributed by atoms with van der Waals surface area (Å²) in [6.45, 7) is 0.101. The zero-order valence-electron chi connectivity index (χ0n) is 3.31. The Balaban J connectivity index is 2.54. The second-order valence-electron chi connectivity index (χ2n) is 0.743. The molecule has 3 heteroatoms. The molecule has 0 amide bonds. The molecule has 0 radical (unpaired) electrons. The summed E-state index contributed by atoms with van der Waals surface area (Å²) in [4.78, 5) is 0. The van der Waals surface area contributed by atoms with Gasteiger partial charge in [-0.1, -0.05) is 0 Å². The van der Waals surface area contributed by atoms with Gasteiger partial charge in [0.05, 0.1) is 19.3 Å². The van der Waals surface area contributed by atoms with Gasteiger partial charge in [-0.15, -0.1) is 0 Å². The number of rotatable bonds is 2. The first-order valence-corrected chi connectivity index (χ1v) is 1.60. The molecule has 0 aliphatic heterocycles. The Morgan fingerprint density at radius 1 is 1.83 bits per heavy atom. The molecule has 0 atom stereocenters. The average molecular weight is 86.1 g/mol. The van der Waals surface area contributed by atoms with Gasteiger partial charge in [-0.2, -0.15) is 5.26 Å². The molecular weight excluding hydrogens is 80.0 g/mol. The minimum atomic E-state index is -0.117. The number of hydrogen-bond donors (Lipinski definition) is 2. The molecule has 0 bridgehead atoms. The third kappa shape index (κ3) is 3.41. The minimum absolute atomic E-state index is 0.117. The Morgan fingerprint density at radius 2 is 2.50 bits per heavy atom. The Kier molecular flexibility index (Phi) is 3.98. The van der Waals surface area contributed by atoms with Crippen molar-refractivity contribution in [1.82, 2.24) is 5.32 Å². The van der Waals surface area contributed by atoms with E-state index >= 15 is 0 Å². The summed E-state index contributed by atoms with van der Waals surface area (Å²) in [5, 5.41) is 18.1. The van der Waals surface area contributed by atoms with Crippen LogP contribution in [0.15, 0.2) is 0 Å². The normalized spacial score (nSPS) is 7.33. The Morgan fingerprint density at radius 3 is 2.67 bits per heavy atom. The second kappa shape index (κ2) is 4.41. The molecule has 0 aliphatic rings. The van der Waals surface area contributed by atoms with E-state index in [-0.39, 0.29) is 13.3 Å². The predicted molar refractivity (Wildman–Crippen MR) is 20.7 cm³/mol. The summed E-state index contributed by atoms with van der Waals surface area (Å²) < 4.78 is 0. The van der Waals surface area contributed by atoms with Crippen molar-refractivity contribution in [1.29, 1.82) is 5.26 Å². The minimum Gasteiger partial charge on any atom is -0.381 e. The van der Waals surface area contributed by atoms with Crippen LogP contribution in [0.5, 0.6) is 0 Å². The first-order valence-electron chi connectivity index (χ1n) is 1.60. The van der Waals surface area contributed by atoms with Gasteiger partial charge in [-0.05, 0) is 0 Å². The number of aliphatic hydroxyl groups excluding tert-OH is 1. The van der Waals surface area contributed by atoms with Crippen LogP contribution < -0.4 is 5.32 Å². The fourth-order valence-electron chi connectivity index (χ4n) is 0.112. The fraction of sp³-hybridized carbons (Fsp3) is 0.667. The second-order valence-corrected chi connectivity index (χ2v) is 0.743. The molecule has 3 nitrogen and oxygen atoms in total. The third-order valence-corrected chi connectivity index (χ3v) is 0.316. The van der Waals surface area contributed by atoms with Crippen molar-refractivity contribution in [3.05, 3.63) is 0 Å². The number of hydrogen-bond acceptors (Lipinski definition) is 3. The molecule has 0 unspecified atom stereocenters. The number of nitrogens with one attached hydrogen (secondary N) is 1. The van der Waals surface area contributed by atoms with Crippen LogP contribution in [-0.2, 0) is 0 Å². The maximum Gasteiger partial charge on any atom is 0.0939 e. The van der Waals surface area contributed by atoms with E-state index in [4.69, 9.17) is 10.4 Å². The van der Waals surface area contributed by atoms with E-state index in [1.165, 1.54) is 0 Å². The average Bonchev–Trinajstić information content (AvgIpc) is 1.61. The standard InChI is InChI=1S/C3H6N2O/c4-1-2-5-3-6/h5-6H,2-3H2. The number of nitrogens with zero attached hydrogens (tertiary/aromatic N) is 1. The molecule has 0 heterocycles. The SMILES string of the molecule is N#CCNCO. The predicted octanol–water partition coefficient (Wildman–Crippen LogP) is -0.951. The van der Waals surface area contributed by atoms with Gasteiger partial charge in [-0.25, -0.2) is 0 Å². The van der Waals surface area contributed by atoms with Crippen molar-refractivity contribution in [2.75, 3.05) is 13.3 Å². The van der Waals surface area contributed by atoms with Crippen LogP contribution in [0.1, 0.15) is 0 Å². The summed E-state index contributed by atoms with van der Waals surface area (Å²) >= 11 is 0. The molecule has 0 rings (SSSR count). The molecule has 6 heavy (non-hydrogen) atoms. The van der Waals surface area contributed by atoms with E-state index < -0.39 is 0 Å².